The third-order valence-corrected chi connectivity index (χ3v) is 3.91. The molecular weight excluding hydrogens is 357 g/mol. The van der Waals surface area contributed by atoms with Crippen molar-refractivity contribution in [3.05, 3.63) is 68.9 Å². The summed E-state index contributed by atoms with van der Waals surface area (Å²) in [6.45, 7) is 1.90. The van der Waals surface area contributed by atoms with E-state index in [4.69, 9.17) is 11.6 Å². The van der Waals surface area contributed by atoms with Gasteiger partial charge in [-0.15, -0.1) is 0 Å². The number of halogens is 3. The second-order valence-electron chi connectivity index (χ2n) is 4.83. The van der Waals surface area contributed by atoms with E-state index in [-0.39, 0.29) is 11.9 Å². The van der Waals surface area contributed by atoms with Gasteiger partial charge in [0.15, 0.2) is 0 Å². The van der Waals surface area contributed by atoms with Gasteiger partial charge in [-0.05, 0) is 65.2 Å². The van der Waals surface area contributed by atoms with Crippen molar-refractivity contribution in [2.45, 2.75) is 19.4 Å². The zero-order chi connectivity index (χ0) is 15.4. The van der Waals surface area contributed by atoms with Gasteiger partial charge >= 0.3 is 0 Å². The molecule has 0 bridgehead atoms. The van der Waals surface area contributed by atoms with Crippen LogP contribution < -0.4 is 5.32 Å². The fraction of sp³-hybridized carbons (Fsp3) is 0.188. The molecule has 110 valence electrons. The van der Waals surface area contributed by atoms with Gasteiger partial charge in [-0.3, -0.25) is 4.79 Å². The average Bonchev–Trinajstić information content (AvgIpc) is 2.44. The molecule has 2 nitrogen and oxygen atoms in total. The Balaban J connectivity index is 1.98. The van der Waals surface area contributed by atoms with Gasteiger partial charge in [0.25, 0.3) is 5.91 Å². The maximum absolute atomic E-state index is 13.4. The summed E-state index contributed by atoms with van der Waals surface area (Å²) < 4.78 is 13.8. The summed E-state index contributed by atoms with van der Waals surface area (Å²) >= 11 is 8.89. The number of carbonyl (C=O) groups excluding carboxylic acids is 1. The van der Waals surface area contributed by atoms with Crippen molar-refractivity contribution in [3.8, 4) is 0 Å². The van der Waals surface area contributed by atoms with E-state index in [9.17, 15) is 9.18 Å². The van der Waals surface area contributed by atoms with Gasteiger partial charge in [-0.1, -0.05) is 23.7 Å². The summed E-state index contributed by atoms with van der Waals surface area (Å²) in [7, 11) is 0. The summed E-state index contributed by atoms with van der Waals surface area (Å²) in [6, 6.07) is 11.7. The molecule has 0 aliphatic heterocycles. The van der Waals surface area contributed by atoms with E-state index < -0.39 is 5.82 Å². The highest BCUT2D eigenvalue weighted by molar-refractivity contribution is 9.10. The maximum Gasteiger partial charge on any atom is 0.251 e. The molecule has 2 rings (SSSR count). The van der Waals surface area contributed by atoms with Gasteiger partial charge in [-0.2, -0.15) is 0 Å². The van der Waals surface area contributed by atoms with Gasteiger partial charge in [0.1, 0.15) is 5.82 Å². The van der Waals surface area contributed by atoms with Crippen molar-refractivity contribution in [1.29, 1.82) is 0 Å². The van der Waals surface area contributed by atoms with Gasteiger partial charge in [0.2, 0.25) is 0 Å². The molecule has 21 heavy (non-hydrogen) atoms. The van der Waals surface area contributed by atoms with E-state index in [1.54, 1.807) is 6.07 Å². The summed E-state index contributed by atoms with van der Waals surface area (Å²) in [5.74, 6) is -0.740. The van der Waals surface area contributed by atoms with Crippen molar-refractivity contribution >= 4 is 33.4 Å². The number of rotatable bonds is 4. The molecule has 0 saturated heterocycles. The summed E-state index contributed by atoms with van der Waals surface area (Å²) in [5, 5.41) is 3.53. The zero-order valence-corrected chi connectivity index (χ0v) is 13.7. The van der Waals surface area contributed by atoms with E-state index >= 15 is 0 Å². The Kier molecular flexibility index (Phi) is 5.37. The molecule has 0 radical (unpaired) electrons. The molecule has 0 fully saturated rings. The zero-order valence-electron chi connectivity index (χ0n) is 11.4. The van der Waals surface area contributed by atoms with Crippen LogP contribution in [-0.4, -0.2) is 11.9 Å². The minimum Gasteiger partial charge on any atom is -0.349 e. The molecule has 1 amide bonds. The Morgan fingerprint density at radius 3 is 2.57 bits per heavy atom. The molecular formula is C16H14BrClFNO. The second-order valence-corrected chi connectivity index (χ2v) is 6.12. The predicted molar refractivity (Wildman–Crippen MR) is 86.2 cm³/mol. The number of amides is 1. The molecule has 1 unspecified atom stereocenters. The van der Waals surface area contributed by atoms with E-state index in [2.05, 4.69) is 21.2 Å². The maximum atomic E-state index is 13.4. The van der Waals surface area contributed by atoms with Gasteiger partial charge in [-0.25, -0.2) is 4.39 Å². The first kappa shape index (κ1) is 16.0. The number of hydrogen-bond acceptors (Lipinski definition) is 1. The number of nitrogens with one attached hydrogen (secondary N) is 1. The van der Waals surface area contributed by atoms with Crippen LogP contribution in [0.2, 0.25) is 5.02 Å². The summed E-state index contributed by atoms with van der Waals surface area (Å²) in [4.78, 5) is 12.0. The largest absolute Gasteiger partial charge is 0.349 e. The third kappa shape index (κ3) is 4.55. The second kappa shape index (κ2) is 7.05. The first-order valence-electron chi connectivity index (χ1n) is 6.46. The third-order valence-electron chi connectivity index (χ3n) is 3.01. The monoisotopic (exact) mass is 369 g/mol. The molecule has 0 aliphatic rings. The van der Waals surface area contributed by atoms with Crippen LogP contribution in [0.25, 0.3) is 0 Å². The molecule has 0 aliphatic carbocycles. The highest BCUT2D eigenvalue weighted by Crippen LogP contribution is 2.16. The van der Waals surface area contributed by atoms with E-state index in [0.29, 0.717) is 21.5 Å². The Hall–Kier alpha value is -1.39. The lowest BCUT2D eigenvalue weighted by Crippen LogP contribution is -2.34. The van der Waals surface area contributed by atoms with Crippen molar-refractivity contribution in [1.82, 2.24) is 5.32 Å². The minimum absolute atomic E-state index is 0.0645. The predicted octanol–water partition coefficient (Wildman–Crippen LogP) is 4.60. The Labute approximate surface area is 136 Å². The fourth-order valence-corrected chi connectivity index (χ4v) is 2.34. The van der Waals surface area contributed by atoms with Crippen LogP contribution in [0.3, 0.4) is 0 Å². The number of carbonyl (C=O) groups is 1. The molecule has 0 saturated carbocycles. The molecule has 0 heterocycles. The smallest absolute Gasteiger partial charge is 0.251 e. The molecule has 2 aromatic carbocycles. The lowest BCUT2D eigenvalue weighted by atomic mass is 10.1. The fourth-order valence-electron chi connectivity index (χ4n) is 1.97. The Morgan fingerprint density at radius 2 is 1.95 bits per heavy atom. The first-order valence-corrected chi connectivity index (χ1v) is 7.63. The molecule has 2 aromatic rings. The molecule has 0 spiro atoms. The summed E-state index contributed by atoms with van der Waals surface area (Å²) in [6.07, 6.45) is 0.682. The van der Waals surface area contributed by atoms with Crippen LogP contribution in [0.1, 0.15) is 22.8 Å². The van der Waals surface area contributed by atoms with Crippen molar-refractivity contribution in [2.24, 2.45) is 0 Å². The van der Waals surface area contributed by atoms with Crippen LogP contribution in [0.15, 0.2) is 46.9 Å². The molecule has 1 atom stereocenters. The number of hydrogen-bond donors (Lipinski definition) is 1. The van der Waals surface area contributed by atoms with Gasteiger partial charge in [0.05, 0.1) is 4.47 Å². The Bertz CT molecular complexity index is 645. The quantitative estimate of drug-likeness (QED) is 0.837. The van der Waals surface area contributed by atoms with Gasteiger partial charge in [0, 0.05) is 16.6 Å². The minimum atomic E-state index is -0.451. The van der Waals surface area contributed by atoms with Crippen molar-refractivity contribution in [2.75, 3.05) is 0 Å². The van der Waals surface area contributed by atoms with Gasteiger partial charge < -0.3 is 5.32 Å². The van der Waals surface area contributed by atoms with Crippen LogP contribution in [-0.2, 0) is 6.42 Å². The van der Waals surface area contributed by atoms with Crippen molar-refractivity contribution in [3.63, 3.8) is 0 Å². The lowest BCUT2D eigenvalue weighted by Gasteiger charge is -2.14. The summed E-state index contributed by atoms with van der Waals surface area (Å²) in [5.41, 5.74) is 1.38. The standard InChI is InChI=1S/C16H14BrClFNO/c1-10(8-11-2-5-13(18)6-3-11)20-16(21)12-4-7-14(17)15(19)9-12/h2-7,9-10H,8H2,1H3,(H,20,21). The lowest BCUT2D eigenvalue weighted by molar-refractivity contribution is 0.0939. The van der Waals surface area contributed by atoms with Crippen LogP contribution in [0.4, 0.5) is 4.39 Å². The van der Waals surface area contributed by atoms with Crippen LogP contribution >= 0.6 is 27.5 Å². The van der Waals surface area contributed by atoms with Crippen LogP contribution in [0, 0.1) is 5.82 Å². The average molecular weight is 371 g/mol. The van der Waals surface area contributed by atoms with Crippen molar-refractivity contribution < 1.29 is 9.18 Å². The van der Waals surface area contributed by atoms with Crippen LogP contribution in [0.5, 0.6) is 0 Å². The molecule has 1 N–H and O–H groups in total. The van der Waals surface area contributed by atoms with E-state index in [1.807, 2.05) is 31.2 Å². The highest BCUT2D eigenvalue weighted by Gasteiger charge is 2.12. The van der Waals surface area contributed by atoms with E-state index in [1.165, 1.54) is 12.1 Å². The SMILES string of the molecule is CC(Cc1ccc(Cl)cc1)NC(=O)c1ccc(Br)c(F)c1. The number of benzene rings is 2. The highest BCUT2D eigenvalue weighted by atomic mass is 79.9. The van der Waals surface area contributed by atoms with E-state index in [0.717, 1.165) is 5.56 Å². The molecule has 5 heteroatoms. The normalized spacial score (nSPS) is 12.0. The first-order chi connectivity index (χ1) is 9.95. The Morgan fingerprint density at radius 1 is 1.29 bits per heavy atom. The molecule has 0 aromatic heterocycles. The topological polar surface area (TPSA) is 29.1 Å².